The molecule has 3 aromatic rings. The van der Waals surface area contributed by atoms with Crippen molar-refractivity contribution in [2.24, 2.45) is 11.8 Å². The van der Waals surface area contributed by atoms with Crippen LogP contribution in [0.2, 0.25) is 0 Å². The Bertz CT molecular complexity index is 1870. The number of hydrogen-bond donors (Lipinski definition) is 1. The monoisotopic (exact) mass is 705 g/mol. The Hall–Kier alpha value is -5.26. The van der Waals surface area contributed by atoms with Crippen LogP contribution in [-0.2, 0) is 28.7 Å². The first-order chi connectivity index (χ1) is 25.2. The van der Waals surface area contributed by atoms with Gasteiger partial charge in [-0.1, -0.05) is 85.0 Å². The molecule has 0 saturated carbocycles. The molecule has 52 heavy (non-hydrogen) atoms. The SMILES string of the molecule is COc1ccc(N2CC=C[C@@]34O[C@H]5/C=C\CCC(=O)N(C)[C@@H](C)[C@H](c6ccccc6)OC(=O)[C@H]5[C@@H]3C(=O)N([C@H](CO)c3ccccc3)[C@H]4C2=O)cc1. The highest BCUT2D eigenvalue weighted by Gasteiger charge is 2.72. The Morgan fingerprint density at radius 3 is 2.29 bits per heavy atom. The lowest BCUT2D eigenvalue weighted by molar-refractivity contribution is -0.164. The highest BCUT2D eigenvalue weighted by molar-refractivity contribution is 6.05. The van der Waals surface area contributed by atoms with E-state index < -0.39 is 72.2 Å². The number of likely N-dealkylation sites (tertiary alicyclic amines) is 1. The molecule has 0 unspecified atom stereocenters. The summed E-state index contributed by atoms with van der Waals surface area (Å²) in [4.78, 5) is 62.7. The normalized spacial score (nSPS) is 30.3. The van der Waals surface area contributed by atoms with E-state index in [1.54, 1.807) is 84.7 Å². The number of nitrogens with zero attached hydrogens (tertiary/aromatic N) is 3. The second-order valence-corrected chi connectivity index (χ2v) is 13.7. The molecule has 4 aliphatic rings. The summed E-state index contributed by atoms with van der Waals surface area (Å²) in [7, 11) is 3.26. The smallest absolute Gasteiger partial charge is 0.313 e. The summed E-state index contributed by atoms with van der Waals surface area (Å²) in [5.74, 6) is -3.38. The molecule has 11 nitrogen and oxygen atoms in total. The van der Waals surface area contributed by atoms with Crippen LogP contribution in [0.3, 0.4) is 0 Å². The van der Waals surface area contributed by atoms with E-state index in [2.05, 4.69) is 0 Å². The number of benzene rings is 3. The quantitative estimate of drug-likeness (QED) is 0.296. The topological polar surface area (TPSA) is 126 Å². The van der Waals surface area contributed by atoms with E-state index in [-0.39, 0.29) is 18.9 Å². The first-order valence-electron chi connectivity index (χ1n) is 17.7. The molecule has 0 radical (unpaired) electrons. The summed E-state index contributed by atoms with van der Waals surface area (Å²) in [6.45, 7) is 1.54. The second-order valence-electron chi connectivity index (χ2n) is 13.7. The molecule has 3 aromatic carbocycles. The zero-order chi connectivity index (χ0) is 36.6. The number of cyclic esters (lactones) is 1. The lowest BCUT2D eigenvalue weighted by atomic mass is 9.77. The van der Waals surface area contributed by atoms with Gasteiger partial charge in [-0.3, -0.25) is 19.2 Å². The third-order valence-electron chi connectivity index (χ3n) is 10.9. The Balaban J connectivity index is 1.36. The van der Waals surface area contributed by atoms with Crippen LogP contribution in [0.5, 0.6) is 5.75 Å². The van der Waals surface area contributed by atoms with Crippen molar-refractivity contribution in [2.45, 2.75) is 55.7 Å². The first kappa shape index (κ1) is 35.2. The number of likely N-dealkylation sites (N-methyl/N-ethyl adjacent to an activating group) is 1. The van der Waals surface area contributed by atoms with E-state index in [9.17, 15) is 14.7 Å². The fourth-order valence-electron chi connectivity index (χ4n) is 8.19. The molecule has 0 aromatic heterocycles. The number of carbonyl (C=O) groups is 4. The van der Waals surface area contributed by atoms with Gasteiger partial charge in [-0.05, 0) is 48.7 Å². The molecular weight excluding hydrogens is 662 g/mol. The van der Waals surface area contributed by atoms with E-state index in [0.717, 1.165) is 0 Å². The Morgan fingerprint density at radius 1 is 0.923 bits per heavy atom. The number of methoxy groups -OCH3 is 1. The minimum absolute atomic E-state index is 0.105. The van der Waals surface area contributed by atoms with Gasteiger partial charge >= 0.3 is 5.97 Å². The highest BCUT2D eigenvalue weighted by Crippen LogP contribution is 2.55. The van der Waals surface area contributed by atoms with Crippen molar-refractivity contribution in [2.75, 3.05) is 32.2 Å². The number of ether oxygens (including phenoxy) is 3. The number of fused-ring (bicyclic) bond motifs is 2. The standard InChI is InChI=1S/C41H43N3O8/c1-26-36(28-15-8-5-9-16-28)51-40(49)34-32(17-10-11-18-33(46)42(26)2)52-41-23-12-24-43(29-19-21-30(50-3)22-20-29)39(48)37(41)44(38(47)35(34)41)31(25-45)27-13-6-4-7-14-27/h4-10,12-17,19-23,26,31-32,34-37,45H,11,18,24-25H2,1-3H3/b17-10-/t26-,31+,32-,34+,35+,36+,37-,41+/m0/s1. The van der Waals surface area contributed by atoms with E-state index in [1.807, 2.05) is 55.5 Å². The molecule has 4 heterocycles. The minimum atomic E-state index is -1.59. The summed E-state index contributed by atoms with van der Waals surface area (Å²) in [6, 6.07) is 22.6. The molecule has 7 rings (SSSR count). The minimum Gasteiger partial charge on any atom is -0.497 e. The van der Waals surface area contributed by atoms with Gasteiger partial charge in [0, 0.05) is 25.7 Å². The lowest BCUT2D eigenvalue weighted by Crippen LogP contribution is -2.56. The first-order valence-corrected chi connectivity index (χ1v) is 17.7. The summed E-state index contributed by atoms with van der Waals surface area (Å²) < 4.78 is 18.6. The predicted molar refractivity (Wildman–Crippen MR) is 192 cm³/mol. The second kappa shape index (κ2) is 14.4. The number of esters is 1. The van der Waals surface area contributed by atoms with Gasteiger partial charge in [0.1, 0.15) is 29.4 Å². The van der Waals surface area contributed by atoms with Crippen LogP contribution in [0.4, 0.5) is 5.69 Å². The molecular formula is C41H43N3O8. The van der Waals surface area contributed by atoms with Crippen molar-refractivity contribution >= 4 is 29.4 Å². The number of allylic oxidation sites excluding steroid dienone is 1. The van der Waals surface area contributed by atoms with Crippen LogP contribution in [0, 0.1) is 11.8 Å². The number of rotatable bonds is 6. The van der Waals surface area contributed by atoms with Crippen molar-refractivity contribution in [3.8, 4) is 5.75 Å². The molecule has 4 aliphatic heterocycles. The van der Waals surface area contributed by atoms with E-state index in [1.165, 1.54) is 4.90 Å². The van der Waals surface area contributed by atoms with Crippen molar-refractivity contribution in [1.29, 1.82) is 0 Å². The maximum atomic E-state index is 15.1. The summed E-state index contributed by atoms with van der Waals surface area (Å²) in [6.07, 6.45) is 5.87. The zero-order valence-electron chi connectivity index (χ0n) is 29.4. The maximum absolute atomic E-state index is 15.1. The molecule has 2 saturated heterocycles. The molecule has 0 aliphatic carbocycles. The van der Waals surface area contributed by atoms with E-state index >= 15 is 9.59 Å². The van der Waals surface area contributed by atoms with Crippen LogP contribution in [0.25, 0.3) is 0 Å². The Labute approximate surface area is 303 Å². The van der Waals surface area contributed by atoms with Gasteiger partial charge in [-0.2, -0.15) is 0 Å². The summed E-state index contributed by atoms with van der Waals surface area (Å²) in [5, 5.41) is 10.9. The van der Waals surface area contributed by atoms with Gasteiger partial charge in [-0.15, -0.1) is 0 Å². The van der Waals surface area contributed by atoms with E-state index in [0.29, 0.717) is 29.0 Å². The highest BCUT2D eigenvalue weighted by atomic mass is 16.6. The van der Waals surface area contributed by atoms with Crippen LogP contribution >= 0.6 is 0 Å². The number of hydrogen-bond acceptors (Lipinski definition) is 8. The molecule has 1 N–H and O–H groups in total. The van der Waals surface area contributed by atoms with Crippen molar-refractivity contribution in [3.05, 3.63) is 120 Å². The largest absolute Gasteiger partial charge is 0.497 e. The third kappa shape index (κ3) is 5.97. The molecule has 1 spiro atoms. The van der Waals surface area contributed by atoms with Gasteiger partial charge in [0.2, 0.25) is 11.8 Å². The Morgan fingerprint density at radius 2 is 1.62 bits per heavy atom. The van der Waals surface area contributed by atoms with Gasteiger partial charge in [-0.25, -0.2) is 0 Å². The number of amides is 3. The number of aliphatic hydroxyl groups is 1. The van der Waals surface area contributed by atoms with Gasteiger partial charge in [0.15, 0.2) is 0 Å². The van der Waals surface area contributed by atoms with E-state index in [4.69, 9.17) is 14.2 Å². The lowest BCUT2D eigenvalue weighted by Gasteiger charge is -2.38. The average Bonchev–Trinajstić information content (AvgIpc) is 3.56. The van der Waals surface area contributed by atoms with Crippen molar-refractivity contribution in [3.63, 3.8) is 0 Å². The number of carbonyl (C=O) groups excluding carboxylic acids is 4. The third-order valence-corrected chi connectivity index (χ3v) is 10.9. The fourth-order valence-corrected chi connectivity index (χ4v) is 8.19. The van der Waals surface area contributed by atoms with Crippen LogP contribution in [0.1, 0.15) is 43.0 Å². The van der Waals surface area contributed by atoms with Crippen LogP contribution in [-0.4, -0.2) is 89.7 Å². The predicted octanol–water partition coefficient (Wildman–Crippen LogP) is 4.39. The van der Waals surface area contributed by atoms with Gasteiger partial charge in [0.05, 0.1) is 37.8 Å². The summed E-state index contributed by atoms with van der Waals surface area (Å²) >= 11 is 0. The van der Waals surface area contributed by atoms with Gasteiger partial charge in [0.25, 0.3) is 5.91 Å². The summed E-state index contributed by atoms with van der Waals surface area (Å²) in [5.41, 5.74) is 0.327. The number of aliphatic hydroxyl groups excluding tert-OH is 1. The van der Waals surface area contributed by atoms with Gasteiger partial charge < -0.3 is 34.0 Å². The maximum Gasteiger partial charge on any atom is 0.313 e. The molecule has 2 fully saturated rings. The number of anilines is 1. The van der Waals surface area contributed by atoms with Crippen molar-refractivity contribution in [1.82, 2.24) is 9.80 Å². The molecule has 3 amide bonds. The molecule has 11 heteroatoms. The fraction of sp³-hybridized carbons (Fsp3) is 0.366. The van der Waals surface area contributed by atoms with Crippen LogP contribution in [0.15, 0.2) is 109 Å². The Kier molecular flexibility index (Phi) is 9.73. The molecule has 270 valence electrons. The van der Waals surface area contributed by atoms with Crippen molar-refractivity contribution < 1.29 is 38.5 Å². The van der Waals surface area contributed by atoms with Crippen LogP contribution < -0.4 is 9.64 Å². The molecule has 8 atom stereocenters. The zero-order valence-corrected chi connectivity index (χ0v) is 29.4. The molecule has 0 bridgehead atoms. The average molecular weight is 706 g/mol.